The maximum Gasteiger partial charge on any atom is 0.252 e. The van der Waals surface area contributed by atoms with Crippen LogP contribution < -0.4 is 10.9 Å². The summed E-state index contributed by atoms with van der Waals surface area (Å²) < 4.78 is 0. The number of H-pyrrole nitrogens is 1. The number of aryl methyl sites for hydroxylation is 1. The molecule has 0 aromatic carbocycles. The number of hydrogen-bond acceptors (Lipinski definition) is 4. The molecule has 2 heterocycles. The normalized spacial score (nSPS) is 10.1. The van der Waals surface area contributed by atoms with E-state index in [0.717, 1.165) is 11.3 Å². The molecule has 0 saturated heterocycles. The van der Waals surface area contributed by atoms with Gasteiger partial charge >= 0.3 is 0 Å². The second-order valence-corrected chi connectivity index (χ2v) is 3.46. The fourth-order valence-corrected chi connectivity index (χ4v) is 1.26. The lowest BCUT2D eigenvalue weighted by molar-refractivity contribution is 1.04. The zero-order valence-corrected chi connectivity index (χ0v) is 8.90. The molecule has 0 spiro atoms. The fourth-order valence-electron chi connectivity index (χ4n) is 1.26. The van der Waals surface area contributed by atoms with E-state index in [0.29, 0.717) is 12.4 Å². The highest BCUT2D eigenvalue weighted by Gasteiger charge is 1.96. The van der Waals surface area contributed by atoms with Crippen molar-refractivity contribution in [2.24, 2.45) is 0 Å². The molecule has 82 valence electrons. The molecule has 2 aromatic rings. The zero-order valence-electron chi connectivity index (χ0n) is 8.90. The van der Waals surface area contributed by atoms with E-state index in [4.69, 9.17) is 0 Å². The van der Waals surface area contributed by atoms with E-state index in [1.54, 1.807) is 6.20 Å². The number of hydrogen-bond donors (Lipinski definition) is 2. The van der Waals surface area contributed by atoms with Gasteiger partial charge in [0.1, 0.15) is 5.82 Å². The van der Waals surface area contributed by atoms with E-state index < -0.39 is 0 Å². The van der Waals surface area contributed by atoms with Gasteiger partial charge in [-0.05, 0) is 18.6 Å². The number of aromatic amines is 1. The molecular formula is C11H12N4O. The van der Waals surface area contributed by atoms with Gasteiger partial charge in [-0.15, -0.1) is 0 Å². The summed E-state index contributed by atoms with van der Waals surface area (Å²) >= 11 is 0. The molecule has 0 fully saturated rings. The van der Waals surface area contributed by atoms with Crippen molar-refractivity contribution in [1.29, 1.82) is 0 Å². The Balaban J connectivity index is 2.02. The smallest absolute Gasteiger partial charge is 0.252 e. The van der Waals surface area contributed by atoms with Crippen LogP contribution in [0.1, 0.15) is 11.3 Å². The number of nitrogens with one attached hydrogen (secondary N) is 2. The fraction of sp³-hybridized carbons (Fsp3) is 0.182. The van der Waals surface area contributed by atoms with Crippen LogP contribution in [0.2, 0.25) is 0 Å². The van der Waals surface area contributed by atoms with Gasteiger partial charge in [-0.2, -0.15) is 0 Å². The summed E-state index contributed by atoms with van der Waals surface area (Å²) in [4.78, 5) is 21.6. The van der Waals surface area contributed by atoms with Gasteiger partial charge in [-0.25, -0.2) is 4.98 Å². The number of nitrogens with zero attached hydrogens (tertiary/aromatic N) is 2. The van der Waals surface area contributed by atoms with Crippen LogP contribution in [0, 0.1) is 6.92 Å². The predicted molar refractivity (Wildman–Crippen MR) is 61.2 cm³/mol. The van der Waals surface area contributed by atoms with Crippen molar-refractivity contribution in [1.82, 2.24) is 15.0 Å². The Hall–Kier alpha value is -2.17. The zero-order chi connectivity index (χ0) is 11.4. The van der Waals surface area contributed by atoms with Gasteiger partial charge in [0.2, 0.25) is 0 Å². The standard InChI is InChI=1S/C11H12N4O/c1-8-2-3-9(5-12-8)6-13-10-4-11(16)15-7-14-10/h2-5,7H,6H2,1H3,(H2,13,14,15,16). The van der Waals surface area contributed by atoms with Gasteiger partial charge in [0.05, 0.1) is 6.33 Å². The Labute approximate surface area is 92.6 Å². The molecule has 0 atom stereocenters. The Kier molecular flexibility index (Phi) is 2.95. The molecule has 0 amide bonds. The lowest BCUT2D eigenvalue weighted by atomic mass is 10.2. The van der Waals surface area contributed by atoms with Gasteiger partial charge in [0.15, 0.2) is 0 Å². The van der Waals surface area contributed by atoms with E-state index in [-0.39, 0.29) is 5.56 Å². The first kappa shape index (κ1) is 10.4. The molecule has 5 heteroatoms. The minimum Gasteiger partial charge on any atom is -0.366 e. The van der Waals surface area contributed by atoms with Gasteiger partial charge < -0.3 is 10.3 Å². The van der Waals surface area contributed by atoms with Crippen molar-refractivity contribution >= 4 is 5.82 Å². The summed E-state index contributed by atoms with van der Waals surface area (Å²) in [5.74, 6) is 0.560. The summed E-state index contributed by atoms with van der Waals surface area (Å²) in [5, 5.41) is 3.05. The van der Waals surface area contributed by atoms with Gasteiger partial charge in [-0.3, -0.25) is 9.78 Å². The molecule has 0 aliphatic carbocycles. The molecule has 2 rings (SSSR count). The van der Waals surface area contributed by atoms with Gasteiger partial charge in [0.25, 0.3) is 5.56 Å². The van der Waals surface area contributed by atoms with Crippen molar-refractivity contribution in [3.63, 3.8) is 0 Å². The highest BCUT2D eigenvalue weighted by Crippen LogP contribution is 2.03. The number of anilines is 1. The molecule has 0 saturated carbocycles. The minimum absolute atomic E-state index is 0.167. The third-order valence-corrected chi connectivity index (χ3v) is 2.12. The lowest BCUT2D eigenvalue weighted by Crippen LogP contribution is -2.09. The highest BCUT2D eigenvalue weighted by atomic mass is 16.1. The molecular weight excluding hydrogens is 204 g/mol. The van der Waals surface area contributed by atoms with Crippen LogP contribution in [-0.4, -0.2) is 15.0 Å². The maximum absolute atomic E-state index is 11.0. The van der Waals surface area contributed by atoms with Crippen LogP contribution in [0.4, 0.5) is 5.82 Å². The molecule has 0 bridgehead atoms. The molecule has 16 heavy (non-hydrogen) atoms. The van der Waals surface area contributed by atoms with E-state index >= 15 is 0 Å². The Morgan fingerprint density at radius 3 is 2.94 bits per heavy atom. The van der Waals surface area contributed by atoms with E-state index in [1.807, 2.05) is 19.1 Å². The highest BCUT2D eigenvalue weighted by molar-refractivity contribution is 5.33. The monoisotopic (exact) mass is 216 g/mol. The third kappa shape index (κ3) is 2.66. The average Bonchev–Trinajstić information content (AvgIpc) is 2.28. The molecule has 5 nitrogen and oxygen atoms in total. The van der Waals surface area contributed by atoms with E-state index in [1.165, 1.54) is 12.4 Å². The first-order valence-corrected chi connectivity index (χ1v) is 4.94. The predicted octanol–water partition coefficient (Wildman–Crippen LogP) is 1.09. The largest absolute Gasteiger partial charge is 0.366 e. The molecule has 0 aliphatic heterocycles. The second kappa shape index (κ2) is 4.57. The average molecular weight is 216 g/mol. The van der Waals surface area contributed by atoms with Gasteiger partial charge in [-0.1, -0.05) is 6.07 Å². The molecule has 0 radical (unpaired) electrons. The van der Waals surface area contributed by atoms with Crippen molar-refractivity contribution in [2.45, 2.75) is 13.5 Å². The van der Waals surface area contributed by atoms with Crippen LogP contribution in [0.5, 0.6) is 0 Å². The van der Waals surface area contributed by atoms with Crippen LogP contribution >= 0.6 is 0 Å². The van der Waals surface area contributed by atoms with Crippen LogP contribution in [0.3, 0.4) is 0 Å². The summed E-state index contributed by atoms with van der Waals surface area (Å²) in [7, 11) is 0. The van der Waals surface area contributed by atoms with Crippen molar-refractivity contribution in [3.8, 4) is 0 Å². The van der Waals surface area contributed by atoms with Crippen molar-refractivity contribution < 1.29 is 0 Å². The summed E-state index contributed by atoms with van der Waals surface area (Å²) in [6, 6.07) is 5.35. The number of aromatic nitrogens is 3. The molecule has 0 aliphatic rings. The van der Waals surface area contributed by atoms with E-state index in [2.05, 4.69) is 20.3 Å². The Morgan fingerprint density at radius 1 is 1.38 bits per heavy atom. The van der Waals surface area contributed by atoms with Crippen molar-refractivity contribution in [3.05, 3.63) is 52.3 Å². The van der Waals surface area contributed by atoms with Crippen LogP contribution in [-0.2, 0) is 6.54 Å². The Bertz CT molecular complexity index is 518. The summed E-state index contributed by atoms with van der Waals surface area (Å²) in [6.07, 6.45) is 3.17. The lowest BCUT2D eigenvalue weighted by Gasteiger charge is -2.04. The van der Waals surface area contributed by atoms with Crippen LogP contribution in [0.25, 0.3) is 0 Å². The van der Waals surface area contributed by atoms with Crippen molar-refractivity contribution in [2.75, 3.05) is 5.32 Å². The third-order valence-electron chi connectivity index (χ3n) is 2.12. The summed E-state index contributed by atoms with van der Waals surface area (Å²) in [6.45, 7) is 2.54. The molecule has 0 unspecified atom stereocenters. The Morgan fingerprint density at radius 2 is 2.25 bits per heavy atom. The topological polar surface area (TPSA) is 70.7 Å². The number of rotatable bonds is 3. The second-order valence-electron chi connectivity index (χ2n) is 3.46. The quantitative estimate of drug-likeness (QED) is 0.805. The number of pyridine rings is 1. The first-order valence-electron chi connectivity index (χ1n) is 4.94. The SMILES string of the molecule is Cc1ccc(CNc2cc(=O)[nH]cn2)cn1. The van der Waals surface area contributed by atoms with Gasteiger partial charge in [0, 0.05) is 24.5 Å². The maximum atomic E-state index is 11.0. The van der Waals surface area contributed by atoms with E-state index in [9.17, 15) is 4.79 Å². The minimum atomic E-state index is -0.167. The van der Waals surface area contributed by atoms with Crippen LogP contribution in [0.15, 0.2) is 35.5 Å². The molecule has 2 N–H and O–H groups in total. The summed E-state index contributed by atoms with van der Waals surface area (Å²) in [5.41, 5.74) is 1.87. The molecule has 2 aromatic heterocycles. The first-order chi connectivity index (χ1) is 7.74.